The fourth-order valence-electron chi connectivity index (χ4n) is 15.6. The summed E-state index contributed by atoms with van der Waals surface area (Å²) in [7, 11) is 0. The summed E-state index contributed by atoms with van der Waals surface area (Å²) in [5, 5.41) is 52.7. The zero-order chi connectivity index (χ0) is 78.0. The Morgan fingerprint density at radius 2 is 0.607 bits per heavy atom. The molecule has 4 aromatic carbocycles. The monoisotopic (exact) mass is 1530 g/mol. The lowest BCUT2D eigenvalue weighted by Gasteiger charge is -2.24. The predicted molar refractivity (Wildman–Crippen MR) is 438 cm³/mol. The molecule has 590 valence electrons. The first-order valence-electron chi connectivity index (χ1n) is 40.5. The largest absolute Gasteiger partial charge is 0.393 e. The van der Waals surface area contributed by atoms with Crippen LogP contribution in [0.1, 0.15) is 215 Å². The van der Waals surface area contributed by atoms with E-state index in [-0.39, 0.29) is 47.7 Å². The molecule has 0 spiro atoms. The molecule has 0 aliphatic heterocycles. The standard InChI is InChI=1S/3C22H27FN4O.C22H25FN4O/c4*1-2-3-12-24-22-25-13-20-21(26-22)19(15-4-10-18(28)11-5-15)14-27(20)17-8-6-16(23)7-9-17/h3*6-9,13-15,18,28H,2-5,10-12H2,1H3,(H,24,25,26);4,6-9,13-14,18,28H,2-3,5,10-12H2,1H3,(H,24,25,26). The summed E-state index contributed by atoms with van der Waals surface area (Å²) in [4.78, 5) is 37.2. The Labute approximate surface area is 652 Å². The number of anilines is 4. The zero-order valence-electron chi connectivity index (χ0n) is 64.7. The molecule has 1 unspecified atom stereocenters. The van der Waals surface area contributed by atoms with E-state index in [2.05, 4.69) is 93.6 Å². The van der Waals surface area contributed by atoms with E-state index < -0.39 is 0 Å². The SMILES string of the molecule is CCCCNc1ncc2c(n1)c(C1=CCC(O)CC1)cn2-c1ccc(F)cc1.CCCCNc1ncc2c(n1)c(C1CCC(O)CC1)cn2-c1ccc(F)cc1.CCCCNc1ncc2c(n1)c(C1CCC(O)CC1)cn2-c1ccc(F)cc1.CCCCNc1ncc2c(n1)c(C1CCC(O)CC1)cn2-c1ccc(F)cc1. The molecule has 20 nitrogen and oxygen atoms in total. The Balaban J connectivity index is 0.000000131. The number of nitrogens with one attached hydrogen (secondary N) is 4. The zero-order valence-corrected chi connectivity index (χ0v) is 64.7. The molecule has 1 atom stereocenters. The second kappa shape index (κ2) is 38.4. The van der Waals surface area contributed by atoms with Crippen LogP contribution in [0.3, 0.4) is 0 Å². The highest BCUT2D eigenvalue weighted by Crippen LogP contribution is 2.42. The third kappa shape index (κ3) is 19.8. The van der Waals surface area contributed by atoms with Crippen LogP contribution in [0, 0.1) is 23.3 Å². The number of aliphatic hydroxyl groups excluding tert-OH is 4. The molecule has 8 N–H and O–H groups in total. The van der Waals surface area contributed by atoms with Crippen LogP contribution >= 0.6 is 0 Å². The van der Waals surface area contributed by atoms with E-state index in [9.17, 15) is 38.0 Å². The van der Waals surface area contributed by atoms with Gasteiger partial charge in [-0.1, -0.05) is 59.5 Å². The minimum atomic E-state index is -0.268. The second-order valence-electron chi connectivity index (χ2n) is 30.2. The summed E-state index contributed by atoms with van der Waals surface area (Å²) >= 11 is 0. The number of hydrogen-bond donors (Lipinski definition) is 8. The molecule has 112 heavy (non-hydrogen) atoms. The van der Waals surface area contributed by atoms with Crippen molar-refractivity contribution in [3.05, 3.63) is 198 Å². The van der Waals surface area contributed by atoms with Crippen molar-refractivity contribution in [3.63, 3.8) is 0 Å². The van der Waals surface area contributed by atoms with Crippen LogP contribution in [0.2, 0.25) is 0 Å². The van der Waals surface area contributed by atoms with Crippen LogP contribution in [0.4, 0.5) is 41.4 Å². The van der Waals surface area contributed by atoms with Crippen molar-refractivity contribution in [2.45, 2.75) is 218 Å². The number of rotatable bonds is 24. The predicted octanol–water partition coefficient (Wildman–Crippen LogP) is 19.1. The maximum absolute atomic E-state index is 13.4. The number of benzene rings is 4. The minimum absolute atomic E-state index is 0.192. The van der Waals surface area contributed by atoms with Crippen molar-refractivity contribution in [1.29, 1.82) is 0 Å². The van der Waals surface area contributed by atoms with Crippen molar-refractivity contribution in [1.82, 2.24) is 58.1 Å². The van der Waals surface area contributed by atoms with Gasteiger partial charge in [-0.2, -0.15) is 0 Å². The average Bonchev–Trinajstić information content (AvgIpc) is 1.64. The summed E-state index contributed by atoms with van der Waals surface area (Å²) in [5.74, 6) is 2.65. The Bertz CT molecular complexity index is 4670. The van der Waals surface area contributed by atoms with Gasteiger partial charge in [-0.3, -0.25) is 0 Å². The summed E-state index contributed by atoms with van der Waals surface area (Å²) in [5.41, 5.74) is 16.7. The van der Waals surface area contributed by atoms with Gasteiger partial charge in [0, 0.05) is 79.3 Å². The highest BCUT2D eigenvalue weighted by atomic mass is 19.1. The van der Waals surface area contributed by atoms with Crippen LogP contribution in [-0.4, -0.2) is 129 Å². The van der Waals surface area contributed by atoms with Gasteiger partial charge in [0.15, 0.2) is 0 Å². The highest BCUT2D eigenvalue weighted by molar-refractivity contribution is 5.92. The number of allylic oxidation sites excluding steroid dienone is 1. The lowest BCUT2D eigenvalue weighted by Crippen LogP contribution is -2.17. The first kappa shape index (κ1) is 79.9. The number of fused-ring (bicyclic) bond motifs is 4. The van der Waals surface area contributed by atoms with Gasteiger partial charge >= 0.3 is 0 Å². The number of nitrogens with zero attached hydrogens (tertiary/aromatic N) is 12. The molecule has 3 saturated carbocycles. The Morgan fingerprint density at radius 1 is 0.339 bits per heavy atom. The number of halogens is 4. The summed E-state index contributed by atoms with van der Waals surface area (Å²) in [6.07, 6.45) is 38.6. The van der Waals surface area contributed by atoms with Crippen molar-refractivity contribution in [2.24, 2.45) is 0 Å². The van der Waals surface area contributed by atoms with Gasteiger partial charge < -0.3 is 60.0 Å². The topological polar surface area (TPSA) is 252 Å². The second-order valence-corrected chi connectivity index (χ2v) is 30.2. The van der Waals surface area contributed by atoms with Crippen molar-refractivity contribution in [3.8, 4) is 22.7 Å². The third-order valence-corrected chi connectivity index (χ3v) is 22.1. The molecule has 4 aliphatic rings. The first-order valence-corrected chi connectivity index (χ1v) is 40.5. The Morgan fingerprint density at radius 3 is 0.875 bits per heavy atom. The molecule has 0 radical (unpaired) electrons. The fourth-order valence-corrected chi connectivity index (χ4v) is 15.6. The van der Waals surface area contributed by atoms with Gasteiger partial charge in [-0.05, 0) is 259 Å². The fraction of sp³-hybridized carbons (Fsp3) is 0.432. The van der Waals surface area contributed by atoms with Crippen LogP contribution in [0.5, 0.6) is 0 Å². The smallest absolute Gasteiger partial charge is 0.223 e. The molecule has 8 aromatic heterocycles. The maximum atomic E-state index is 13.4. The summed E-state index contributed by atoms with van der Waals surface area (Å²) in [6, 6.07) is 25.9. The number of hydrogen-bond acceptors (Lipinski definition) is 16. The normalized spacial score (nSPS) is 19.1. The van der Waals surface area contributed by atoms with E-state index in [1.54, 1.807) is 48.5 Å². The first-order chi connectivity index (χ1) is 54.6. The van der Waals surface area contributed by atoms with Crippen molar-refractivity contribution < 1.29 is 38.0 Å². The molecule has 12 aromatic rings. The molecule has 3 fully saturated rings. The quantitative estimate of drug-likeness (QED) is 0.0207. The van der Waals surface area contributed by atoms with E-state index in [0.29, 0.717) is 48.0 Å². The minimum Gasteiger partial charge on any atom is -0.393 e. The molecular formula is C88H106F4N16O4. The number of aromatic nitrogens is 12. The maximum Gasteiger partial charge on any atom is 0.223 e. The van der Waals surface area contributed by atoms with Crippen molar-refractivity contribution in [2.75, 3.05) is 47.4 Å². The summed E-state index contributed by atoms with van der Waals surface area (Å²) < 4.78 is 61.7. The lowest BCUT2D eigenvalue weighted by molar-refractivity contribution is 0.122. The molecule has 0 amide bonds. The molecule has 8 heterocycles. The van der Waals surface area contributed by atoms with Gasteiger partial charge in [0.05, 0.1) is 87.8 Å². The molecule has 16 rings (SSSR count). The Kier molecular flexibility index (Phi) is 27.4. The highest BCUT2D eigenvalue weighted by Gasteiger charge is 2.30. The molecule has 0 bridgehead atoms. The third-order valence-electron chi connectivity index (χ3n) is 22.1. The van der Waals surface area contributed by atoms with Crippen molar-refractivity contribution >= 4 is 73.5 Å². The average molecular weight is 1530 g/mol. The van der Waals surface area contributed by atoms with Crippen LogP contribution < -0.4 is 21.3 Å². The van der Waals surface area contributed by atoms with E-state index in [1.165, 1.54) is 70.8 Å². The number of aliphatic hydroxyl groups is 4. The lowest BCUT2D eigenvalue weighted by atomic mass is 9.83. The van der Waals surface area contributed by atoms with E-state index in [4.69, 9.17) is 19.9 Å². The van der Waals surface area contributed by atoms with Gasteiger partial charge in [-0.25, -0.2) is 57.4 Å². The molecule has 4 aliphatic carbocycles. The van der Waals surface area contributed by atoms with Crippen LogP contribution in [0.15, 0.2) is 153 Å². The van der Waals surface area contributed by atoms with Crippen LogP contribution in [-0.2, 0) is 0 Å². The van der Waals surface area contributed by atoms with Gasteiger partial charge in [0.1, 0.15) is 28.8 Å². The Hall–Kier alpha value is -10.1. The number of unbranched alkanes of at least 4 members (excludes halogenated alkanes) is 4. The van der Waals surface area contributed by atoms with Gasteiger partial charge in [0.25, 0.3) is 0 Å². The van der Waals surface area contributed by atoms with E-state index >= 15 is 0 Å². The van der Waals surface area contributed by atoms with Gasteiger partial charge in [-0.15, -0.1) is 0 Å². The molecule has 0 saturated heterocycles. The van der Waals surface area contributed by atoms with Gasteiger partial charge in [0.2, 0.25) is 23.8 Å². The van der Waals surface area contributed by atoms with E-state index in [1.807, 2.05) is 49.3 Å². The van der Waals surface area contributed by atoms with E-state index in [0.717, 1.165) is 240 Å². The van der Waals surface area contributed by atoms with Crippen LogP contribution in [0.25, 0.3) is 72.5 Å². The molecular weight excluding hydrogens is 1420 g/mol. The summed E-state index contributed by atoms with van der Waals surface area (Å²) in [6.45, 7) is 12.0. The molecule has 24 heteroatoms.